The van der Waals surface area contributed by atoms with Crippen LogP contribution in [0.1, 0.15) is 25.0 Å². The quantitative estimate of drug-likeness (QED) is 0.756. The van der Waals surface area contributed by atoms with E-state index in [1.54, 1.807) is 6.07 Å². The van der Waals surface area contributed by atoms with E-state index in [0.717, 1.165) is 18.4 Å². The summed E-state index contributed by atoms with van der Waals surface area (Å²) in [7, 11) is -2.31. The highest BCUT2D eigenvalue weighted by molar-refractivity contribution is 7.39. The first-order valence-corrected chi connectivity index (χ1v) is 5.81. The number of rotatable bonds is 4. The second-order valence-electron chi connectivity index (χ2n) is 2.99. The van der Waals surface area contributed by atoms with Crippen LogP contribution >= 0.6 is 8.60 Å². The highest BCUT2D eigenvalue weighted by atomic mass is 31.2. The molecule has 4 heteroatoms. The summed E-state index contributed by atoms with van der Waals surface area (Å²) in [5.74, 6) is 0.570. The van der Waals surface area contributed by atoms with Gasteiger partial charge in [-0.2, -0.15) is 0 Å². The van der Waals surface area contributed by atoms with E-state index in [2.05, 4.69) is 6.92 Å². The molecule has 0 amide bonds. The molecule has 1 rings (SSSR count). The SMILES string of the molecule is CCc1ccc(OP(O)O)c(CC)c1. The Morgan fingerprint density at radius 2 is 1.93 bits per heavy atom. The van der Waals surface area contributed by atoms with Crippen molar-refractivity contribution in [2.45, 2.75) is 26.7 Å². The molecular formula is C10H15O3P. The summed E-state index contributed by atoms with van der Waals surface area (Å²) in [6, 6.07) is 5.76. The van der Waals surface area contributed by atoms with Gasteiger partial charge in [0.2, 0.25) is 0 Å². The highest BCUT2D eigenvalue weighted by Gasteiger charge is 2.07. The van der Waals surface area contributed by atoms with Crippen LogP contribution in [-0.4, -0.2) is 9.79 Å². The molecule has 0 aromatic heterocycles. The van der Waals surface area contributed by atoms with Crippen LogP contribution in [0.25, 0.3) is 0 Å². The van der Waals surface area contributed by atoms with Gasteiger partial charge in [0.15, 0.2) is 0 Å². The summed E-state index contributed by atoms with van der Waals surface area (Å²) >= 11 is 0. The van der Waals surface area contributed by atoms with Crippen LogP contribution < -0.4 is 4.52 Å². The molecule has 78 valence electrons. The maximum absolute atomic E-state index is 8.75. The summed E-state index contributed by atoms with van der Waals surface area (Å²) in [5.41, 5.74) is 2.24. The van der Waals surface area contributed by atoms with E-state index in [9.17, 15) is 0 Å². The first-order valence-electron chi connectivity index (χ1n) is 4.65. The lowest BCUT2D eigenvalue weighted by Crippen LogP contribution is -1.93. The van der Waals surface area contributed by atoms with E-state index in [1.165, 1.54) is 5.56 Å². The maximum Gasteiger partial charge on any atom is 0.391 e. The molecule has 0 saturated heterocycles. The van der Waals surface area contributed by atoms with Crippen molar-refractivity contribution >= 4 is 8.60 Å². The normalized spacial score (nSPS) is 10.6. The fourth-order valence-corrected chi connectivity index (χ4v) is 1.66. The molecule has 0 saturated carbocycles. The molecule has 0 aliphatic carbocycles. The molecule has 0 heterocycles. The van der Waals surface area contributed by atoms with Crippen molar-refractivity contribution in [2.24, 2.45) is 0 Å². The van der Waals surface area contributed by atoms with Gasteiger partial charge in [0.05, 0.1) is 0 Å². The van der Waals surface area contributed by atoms with E-state index in [1.807, 2.05) is 19.1 Å². The molecule has 0 radical (unpaired) electrons. The first-order chi connectivity index (χ1) is 6.67. The summed E-state index contributed by atoms with van der Waals surface area (Å²) < 4.78 is 4.91. The molecule has 3 nitrogen and oxygen atoms in total. The average Bonchev–Trinajstić information content (AvgIpc) is 2.17. The van der Waals surface area contributed by atoms with Gasteiger partial charge in [0, 0.05) is 0 Å². The van der Waals surface area contributed by atoms with Crippen molar-refractivity contribution in [1.82, 2.24) is 0 Å². The zero-order valence-electron chi connectivity index (χ0n) is 8.40. The average molecular weight is 214 g/mol. The van der Waals surface area contributed by atoms with Crippen LogP contribution in [0.3, 0.4) is 0 Å². The third kappa shape index (κ3) is 2.95. The van der Waals surface area contributed by atoms with Crippen LogP contribution in [0.4, 0.5) is 0 Å². The first kappa shape index (κ1) is 11.4. The smallest absolute Gasteiger partial charge is 0.391 e. The molecule has 0 aliphatic rings. The minimum absolute atomic E-state index is 0.570. The Balaban J connectivity index is 2.93. The molecule has 0 aliphatic heterocycles. The Morgan fingerprint density at radius 3 is 2.43 bits per heavy atom. The van der Waals surface area contributed by atoms with Gasteiger partial charge in [0.1, 0.15) is 5.75 Å². The van der Waals surface area contributed by atoms with E-state index in [-0.39, 0.29) is 0 Å². The van der Waals surface area contributed by atoms with Crippen LogP contribution in [0.5, 0.6) is 5.75 Å². The molecule has 0 spiro atoms. The maximum atomic E-state index is 8.75. The Bertz CT molecular complexity index is 299. The van der Waals surface area contributed by atoms with E-state index < -0.39 is 8.60 Å². The fourth-order valence-electron chi connectivity index (χ4n) is 1.31. The zero-order valence-corrected chi connectivity index (χ0v) is 9.29. The van der Waals surface area contributed by atoms with Crippen LogP contribution in [0, 0.1) is 0 Å². The third-order valence-electron chi connectivity index (χ3n) is 2.09. The Hall–Kier alpha value is -0.630. The van der Waals surface area contributed by atoms with Gasteiger partial charge < -0.3 is 14.3 Å². The molecule has 1 aromatic carbocycles. The lowest BCUT2D eigenvalue weighted by Gasteiger charge is -2.11. The summed E-state index contributed by atoms with van der Waals surface area (Å²) in [4.78, 5) is 17.5. The molecular weight excluding hydrogens is 199 g/mol. The van der Waals surface area contributed by atoms with Crippen molar-refractivity contribution < 1.29 is 14.3 Å². The number of hydrogen-bond donors (Lipinski definition) is 2. The number of aryl methyl sites for hydroxylation is 2. The predicted molar refractivity (Wildman–Crippen MR) is 57.2 cm³/mol. The highest BCUT2D eigenvalue weighted by Crippen LogP contribution is 2.32. The predicted octanol–water partition coefficient (Wildman–Crippen LogP) is 2.40. The summed E-state index contributed by atoms with van der Waals surface area (Å²) in [5, 5.41) is 0. The minimum atomic E-state index is -2.31. The number of benzene rings is 1. The van der Waals surface area contributed by atoms with E-state index in [0.29, 0.717) is 5.75 Å². The molecule has 14 heavy (non-hydrogen) atoms. The summed E-state index contributed by atoms with van der Waals surface area (Å²) in [6.45, 7) is 4.10. The second-order valence-corrected chi connectivity index (χ2v) is 3.68. The molecule has 2 N–H and O–H groups in total. The summed E-state index contributed by atoms with van der Waals surface area (Å²) in [6.07, 6.45) is 1.80. The van der Waals surface area contributed by atoms with Gasteiger partial charge >= 0.3 is 8.60 Å². The van der Waals surface area contributed by atoms with Crippen molar-refractivity contribution in [2.75, 3.05) is 0 Å². The Morgan fingerprint density at radius 1 is 1.21 bits per heavy atom. The van der Waals surface area contributed by atoms with Crippen LogP contribution in [0.15, 0.2) is 18.2 Å². The monoisotopic (exact) mass is 214 g/mol. The van der Waals surface area contributed by atoms with Gasteiger partial charge in [-0.15, -0.1) is 0 Å². The molecule has 0 bridgehead atoms. The standard InChI is InChI=1S/C10H15O3P/c1-3-8-5-6-10(13-14(11)12)9(4-2)7-8/h5-7,11-12H,3-4H2,1-2H3. The molecule has 0 unspecified atom stereocenters. The molecule has 0 fully saturated rings. The van der Waals surface area contributed by atoms with Crippen molar-refractivity contribution in [3.8, 4) is 5.75 Å². The van der Waals surface area contributed by atoms with Crippen molar-refractivity contribution in [3.63, 3.8) is 0 Å². The Kier molecular flexibility index (Phi) is 4.33. The van der Waals surface area contributed by atoms with Gasteiger partial charge in [-0.25, -0.2) is 0 Å². The largest absolute Gasteiger partial charge is 0.427 e. The third-order valence-corrected chi connectivity index (χ3v) is 2.45. The van der Waals surface area contributed by atoms with Crippen molar-refractivity contribution in [3.05, 3.63) is 29.3 Å². The number of hydrogen-bond acceptors (Lipinski definition) is 3. The molecule has 0 atom stereocenters. The lowest BCUT2D eigenvalue weighted by molar-refractivity contribution is 0.373. The second kappa shape index (κ2) is 5.30. The van der Waals surface area contributed by atoms with Crippen molar-refractivity contribution in [1.29, 1.82) is 0 Å². The molecule has 1 aromatic rings. The van der Waals surface area contributed by atoms with E-state index >= 15 is 0 Å². The van der Waals surface area contributed by atoms with Gasteiger partial charge in [-0.3, -0.25) is 0 Å². The minimum Gasteiger partial charge on any atom is -0.427 e. The topological polar surface area (TPSA) is 49.7 Å². The van der Waals surface area contributed by atoms with Gasteiger partial charge in [0.25, 0.3) is 0 Å². The van der Waals surface area contributed by atoms with Gasteiger partial charge in [-0.1, -0.05) is 26.0 Å². The fraction of sp³-hybridized carbons (Fsp3) is 0.400. The Labute approximate surface area is 85.4 Å². The zero-order chi connectivity index (χ0) is 10.6. The van der Waals surface area contributed by atoms with E-state index in [4.69, 9.17) is 14.3 Å². The van der Waals surface area contributed by atoms with Crippen LogP contribution in [-0.2, 0) is 12.8 Å². The van der Waals surface area contributed by atoms with Gasteiger partial charge in [-0.05, 0) is 30.0 Å². The van der Waals surface area contributed by atoms with Crippen LogP contribution in [0.2, 0.25) is 0 Å². The lowest BCUT2D eigenvalue weighted by atomic mass is 10.1.